The zero-order valence-electron chi connectivity index (χ0n) is 8.10. The fourth-order valence-corrected chi connectivity index (χ4v) is 1.05. The molecule has 0 aliphatic carbocycles. The Hall–Kier alpha value is -1.58. The molecule has 1 rings (SSSR count). The molecule has 0 aromatic carbocycles. The van der Waals surface area contributed by atoms with Gasteiger partial charge in [-0.3, -0.25) is 9.59 Å². The minimum atomic E-state index is -0.216. The number of pyridine rings is 1. The van der Waals surface area contributed by atoms with Crippen molar-refractivity contribution in [2.75, 3.05) is 6.61 Å². The Morgan fingerprint density at radius 1 is 1.43 bits per heavy atom. The van der Waals surface area contributed by atoms with Crippen LogP contribution in [-0.4, -0.2) is 17.1 Å². The Morgan fingerprint density at radius 3 is 2.64 bits per heavy atom. The zero-order valence-corrected chi connectivity index (χ0v) is 8.10. The van der Waals surface area contributed by atoms with Gasteiger partial charge in [-0.05, 0) is 6.92 Å². The third-order valence-corrected chi connectivity index (χ3v) is 1.74. The summed E-state index contributed by atoms with van der Waals surface area (Å²) in [6, 6.07) is 2.93. The van der Waals surface area contributed by atoms with Crippen LogP contribution in [0.1, 0.15) is 13.3 Å². The zero-order chi connectivity index (χ0) is 10.4. The summed E-state index contributed by atoms with van der Waals surface area (Å²) < 4.78 is 6.55. The van der Waals surface area contributed by atoms with Crippen LogP contribution in [0, 0.1) is 0 Å². The monoisotopic (exact) mass is 195 g/mol. The number of hydrogen-bond donors (Lipinski definition) is 0. The lowest BCUT2D eigenvalue weighted by molar-refractivity contribution is -0.143. The average molecular weight is 195 g/mol. The van der Waals surface area contributed by atoms with Gasteiger partial charge in [0.25, 0.3) is 0 Å². The van der Waals surface area contributed by atoms with Crippen LogP contribution in [0.2, 0.25) is 0 Å². The fraction of sp³-hybridized carbons (Fsp3) is 0.400. The van der Waals surface area contributed by atoms with E-state index in [0.29, 0.717) is 19.6 Å². The molecule has 1 heterocycles. The van der Waals surface area contributed by atoms with Crippen LogP contribution >= 0.6 is 0 Å². The van der Waals surface area contributed by atoms with Crippen molar-refractivity contribution in [3.63, 3.8) is 0 Å². The minimum Gasteiger partial charge on any atom is -0.466 e. The van der Waals surface area contributed by atoms with Crippen LogP contribution < -0.4 is 5.43 Å². The molecule has 0 amide bonds. The van der Waals surface area contributed by atoms with E-state index in [9.17, 15) is 9.59 Å². The number of carbonyl (C=O) groups excluding carboxylic acids is 1. The third-order valence-electron chi connectivity index (χ3n) is 1.74. The lowest BCUT2D eigenvalue weighted by Crippen LogP contribution is -2.10. The van der Waals surface area contributed by atoms with Gasteiger partial charge < -0.3 is 9.30 Å². The molecule has 0 aliphatic heterocycles. The second kappa shape index (κ2) is 5.21. The third kappa shape index (κ3) is 3.43. The molecule has 0 saturated carbocycles. The molecule has 0 fully saturated rings. The molecule has 1 aromatic heterocycles. The first-order valence-corrected chi connectivity index (χ1v) is 4.54. The van der Waals surface area contributed by atoms with Crippen LogP contribution in [0.4, 0.5) is 0 Å². The highest BCUT2D eigenvalue weighted by Crippen LogP contribution is 1.92. The summed E-state index contributed by atoms with van der Waals surface area (Å²) in [6.07, 6.45) is 3.64. The van der Waals surface area contributed by atoms with Gasteiger partial charge in [-0.25, -0.2) is 0 Å². The highest BCUT2D eigenvalue weighted by Gasteiger charge is 2.00. The molecular weight excluding hydrogens is 182 g/mol. The SMILES string of the molecule is CCOC(=O)CCn1ccc(=O)cc1. The molecule has 4 heteroatoms. The van der Waals surface area contributed by atoms with Gasteiger partial charge in [-0.1, -0.05) is 0 Å². The van der Waals surface area contributed by atoms with E-state index in [1.54, 1.807) is 23.9 Å². The first-order valence-electron chi connectivity index (χ1n) is 4.54. The highest BCUT2D eigenvalue weighted by molar-refractivity contribution is 5.69. The smallest absolute Gasteiger partial charge is 0.307 e. The summed E-state index contributed by atoms with van der Waals surface area (Å²) in [4.78, 5) is 21.7. The number of nitrogens with zero attached hydrogens (tertiary/aromatic N) is 1. The molecule has 0 aliphatic rings. The molecule has 0 N–H and O–H groups in total. The van der Waals surface area contributed by atoms with Gasteiger partial charge in [0.1, 0.15) is 0 Å². The van der Waals surface area contributed by atoms with Crippen molar-refractivity contribution < 1.29 is 9.53 Å². The molecule has 0 unspecified atom stereocenters. The number of ether oxygens (including phenoxy) is 1. The second-order valence-corrected chi connectivity index (χ2v) is 2.83. The predicted molar refractivity (Wildman–Crippen MR) is 52.0 cm³/mol. The Kier molecular flexibility index (Phi) is 3.91. The van der Waals surface area contributed by atoms with Crippen molar-refractivity contribution in [1.82, 2.24) is 4.57 Å². The van der Waals surface area contributed by atoms with E-state index < -0.39 is 0 Å². The summed E-state index contributed by atoms with van der Waals surface area (Å²) in [5.74, 6) is -0.216. The molecule has 1 aromatic rings. The summed E-state index contributed by atoms with van der Waals surface area (Å²) in [6.45, 7) is 2.72. The standard InChI is InChI=1S/C10H13NO3/c1-2-14-10(13)5-8-11-6-3-9(12)4-7-11/h3-4,6-7H,2,5,8H2,1H3. The van der Waals surface area contributed by atoms with Gasteiger partial charge in [0, 0.05) is 31.1 Å². The summed E-state index contributed by atoms with van der Waals surface area (Å²) in [5, 5.41) is 0. The normalized spacial score (nSPS) is 9.79. The molecule has 0 radical (unpaired) electrons. The maximum absolute atomic E-state index is 11.0. The van der Waals surface area contributed by atoms with Crippen molar-refractivity contribution in [1.29, 1.82) is 0 Å². The Balaban J connectivity index is 2.42. The first kappa shape index (κ1) is 10.5. The van der Waals surface area contributed by atoms with Gasteiger partial charge in [0.15, 0.2) is 5.43 Å². The van der Waals surface area contributed by atoms with E-state index in [0.717, 1.165) is 0 Å². The fourth-order valence-electron chi connectivity index (χ4n) is 1.05. The largest absolute Gasteiger partial charge is 0.466 e. The maximum atomic E-state index is 11.0. The van der Waals surface area contributed by atoms with Crippen molar-refractivity contribution >= 4 is 5.97 Å². The van der Waals surface area contributed by atoms with Crippen LogP contribution in [-0.2, 0) is 16.1 Å². The topological polar surface area (TPSA) is 48.3 Å². The number of carbonyl (C=O) groups is 1. The van der Waals surface area contributed by atoms with Gasteiger partial charge in [0.2, 0.25) is 0 Å². The van der Waals surface area contributed by atoms with Gasteiger partial charge >= 0.3 is 5.97 Å². The van der Waals surface area contributed by atoms with Gasteiger partial charge in [0.05, 0.1) is 13.0 Å². The number of hydrogen-bond acceptors (Lipinski definition) is 3. The molecule has 0 saturated heterocycles. The maximum Gasteiger partial charge on any atom is 0.307 e. The van der Waals surface area contributed by atoms with Crippen molar-refractivity contribution in [3.8, 4) is 0 Å². The molecular formula is C10H13NO3. The Labute approximate surface area is 82.1 Å². The van der Waals surface area contributed by atoms with Crippen LogP contribution in [0.15, 0.2) is 29.3 Å². The Morgan fingerprint density at radius 2 is 2.07 bits per heavy atom. The summed E-state index contributed by atoms with van der Waals surface area (Å²) >= 11 is 0. The van der Waals surface area contributed by atoms with E-state index in [2.05, 4.69) is 0 Å². The van der Waals surface area contributed by atoms with Crippen LogP contribution in [0.5, 0.6) is 0 Å². The number of esters is 1. The molecule has 0 atom stereocenters. The van der Waals surface area contributed by atoms with E-state index in [-0.39, 0.29) is 11.4 Å². The number of aromatic nitrogens is 1. The van der Waals surface area contributed by atoms with E-state index in [4.69, 9.17) is 4.74 Å². The van der Waals surface area contributed by atoms with Crippen molar-refractivity contribution in [2.24, 2.45) is 0 Å². The molecule has 14 heavy (non-hydrogen) atoms. The van der Waals surface area contributed by atoms with E-state index in [1.165, 1.54) is 12.1 Å². The lowest BCUT2D eigenvalue weighted by Gasteiger charge is -2.04. The predicted octanol–water partition coefficient (Wildman–Crippen LogP) is 0.802. The van der Waals surface area contributed by atoms with Gasteiger partial charge in [-0.15, -0.1) is 0 Å². The molecule has 0 spiro atoms. The van der Waals surface area contributed by atoms with E-state index >= 15 is 0 Å². The highest BCUT2D eigenvalue weighted by atomic mass is 16.5. The molecule has 76 valence electrons. The first-order chi connectivity index (χ1) is 6.72. The minimum absolute atomic E-state index is 0.0302. The van der Waals surface area contributed by atoms with Gasteiger partial charge in [-0.2, -0.15) is 0 Å². The summed E-state index contributed by atoms with van der Waals surface area (Å²) in [7, 11) is 0. The average Bonchev–Trinajstić information content (AvgIpc) is 2.17. The second-order valence-electron chi connectivity index (χ2n) is 2.83. The Bertz CT molecular complexity index is 336. The van der Waals surface area contributed by atoms with Crippen LogP contribution in [0.3, 0.4) is 0 Å². The summed E-state index contributed by atoms with van der Waals surface area (Å²) in [5.41, 5.74) is -0.0302. The van der Waals surface area contributed by atoms with Crippen molar-refractivity contribution in [3.05, 3.63) is 34.7 Å². The van der Waals surface area contributed by atoms with Crippen molar-refractivity contribution in [2.45, 2.75) is 19.9 Å². The van der Waals surface area contributed by atoms with E-state index in [1.807, 2.05) is 0 Å². The quantitative estimate of drug-likeness (QED) is 0.668. The number of aryl methyl sites for hydroxylation is 1. The molecule has 0 bridgehead atoms. The molecule has 4 nitrogen and oxygen atoms in total. The van der Waals surface area contributed by atoms with Crippen LogP contribution in [0.25, 0.3) is 0 Å². The number of rotatable bonds is 4. The lowest BCUT2D eigenvalue weighted by atomic mass is 10.4.